The smallest absolute Gasteiger partial charge is 0.341 e. The minimum atomic E-state index is -4.58. The van der Waals surface area contributed by atoms with Crippen LogP contribution in [0.5, 0.6) is 5.75 Å². The van der Waals surface area contributed by atoms with Crippen LogP contribution in [0.25, 0.3) is 0 Å². The van der Waals surface area contributed by atoms with Crippen LogP contribution in [0, 0.1) is 0 Å². The van der Waals surface area contributed by atoms with Gasteiger partial charge < -0.3 is 9.64 Å². The first-order valence-electron chi connectivity index (χ1n) is 9.08. The Bertz CT molecular complexity index is 957. The van der Waals surface area contributed by atoms with Gasteiger partial charge in [-0.05, 0) is 35.9 Å². The quantitative estimate of drug-likeness (QED) is 0.713. The maximum Gasteiger partial charge on any atom is 0.341 e. The zero-order chi connectivity index (χ0) is 21.0. The maximum absolute atomic E-state index is 12.7. The summed E-state index contributed by atoms with van der Waals surface area (Å²) in [6.45, 7) is 3.00. The van der Waals surface area contributed by atoms with Gasteiger partial charge in [0.05, 0.1) is 12.0 Å². The summed E-state index contributed by atoms with van der Waals surface area (Å²) >= 11 is 0. The Kier molecular flexibility index (Phi) is 6.49. The van der Waals surface area contributed by atoms with Gasteiger partial charge >= 0.3 is 5.76 Å². The second-order valence-electron chi connectivity index (χ2n) is 6.75. The molecule has 0 aliphatic carbocycles. The molecule has 3 rings (SSSR count). The van der Waals surface area contributed by atoms with Crippen LogP contribution in [0.2, 0.25) is 0 Å². The second-order valence-corrected chi connectivity index (χ2v) is 8.67. The van der Waals surface area contributed by atoms with Gasteiger partial charge in [0.15, 0.2) is 0 Å². The van der Waals surface area contributed by atoms with E-state index < -0.39 is 15.6 Å². The number of carbonyl (C=O) groups is 1. The van der Waals surface area contributed by atoms with E-state index in [1.54, 1.807) is 48.4 Å². The summed E-state index contributed by atoms with van der Waals surface area (Å²) in [5, 5.41) is 0. The van der Waals surface area contributed by atoms with Gasteiger partial charge in [0, 0.05) is 38.3 Å². The van der Waals surface area contributed by atoms with E-state index in [4.69, 9.17) is 4.74 Å². The summed E-state index contributed by atoms with van der Waals surface area (Å²) in [6.07, 6.45) is 0. The average molecular weight is 424 g/mol. The minimum Gasteiger partial charge on any atom is -0.497 e. The molecular formula is C20H22F2N2O4S. The molecule has 156 valence electrons. The monoisotopic (exact) mass is 424 g/mol. The van der Waals surface area contributed by atoms with E-state index in [-0.39, 0.29) is 10.8 Å². The number of carbonyl (C=O) groups excluding carboxylic acids is 1. The van der Waals surface area contributed by atoms with Gasteiger partial charge in [-0.15, -0.1) is 0 Å². The zero-order valence-electron chi connectivity index (χ0n) is 15.9. The molecule has 0 atom stereocenters. The lowest BCUT2D eigenvalue weighted by Crippen LogP contribution is -2.48. The topological polar surface area (TPSA) is 66.9 Å². The molecule has 0 radical (unpaired) electrons. The first-order valence-corrected chi connectivity index (χ1v) is 10.6. The zero-order valence-corrected chi connectivity index (χ0v) is 16.7. The number of rotatable bonds is 6. The summed E-state index contributed by atoms with van der Waals surface area (Å²) in [5.41, 5.74) is 1.40. The van der Waals surface area contributed by atoms with Crippen molar-refractivity contribution in [2.75, 3.05) is 33.3 Å². The third-order valence-electron chi connectivity index (χ3n) is 4.87. The Balaban J connectivity index is 1.56. The van der Waals surface area contributed by atoms with Gasteiger partial charge in [-0.1, -0.05) is 18.2 Å². The normalized spacial score (nSPS) is 15.5. The molecule has 0 spiro atoms. The number of halogens is 2. The van der Waals surface area contributed by atoms with E-state index in [0.717, 1.165) is 5.56 Å². The molecule has 0 saturated carbocycles. The van der Waals surface area contributed by atoms with Crippen molar-refractivity contribution >= 4 is 15.7 Å². The van der Waals surface area contributed by atoms with Crippen LogP contribution < -0.4 is 4.74 Å². The van der Waals surface area contributed by atoms with Gasteiger partial charge in [-0.3, -0.25) is 9.69 Å². The van der Waals surface area contributed by atoms with E-state index in [1.807, 2.05) is 0 Å². The van der Waals surface area contributed by atoms with Gasteiger partial charge in [-0.25, -0.2) is 8.42 Å². The average Bonchev–Trinajstić information content (AvgIpc) is 2.74. The SMILES string of the molecule is COc1cccc(C(=O)N2CCN(Cc3ccc(S(=O)(=O)C(F)F)cc3)CC2)c1. The Morgan fingerprint density at radius 2 is 1.72 bits per heavy atom. The van der Waals surface area contributed by atoms with Crippen molar-refractivity contribution in [2.24, 2.45) is 0 Å². The highest BCUT2D eigenvalue weighted by Gasteiger charge is 2.26. The molecule has 0 bridgehead atoms. The number of methoxy groups -OCH3 is 1. The summed E-state index contributed by atoms with van der Waals surface area (Å²) in [7, 11) is -3.02. The summed E-state index contributed by atoms with van der Waals surface area (Å²) in [5.74, 6) is -2.85. The lowest BCUT2D eigenvalue weighted by molar-refractivity contribution is 0.0628. The highest BCUT2D eigenvalue weighted by molar-refractivity contribution is 7.91. The van der Waals surface area contributed by atoms with Crippen LogP contribution in [0.3, 0.4) is 0 Å². The van der Waals surface area contributed by atoms with Gasteiger partial charge in [0.25, 0.3) is 5.91 Å². The predicted molar refractivity (Wildman–Crippen MR) is 104 cm³/mol. The molecule has 9 heteroatoms. The number of sulfone groups is 1. The first kappa shape index (κ1) is 21.2. The summed E-state index contributed by atoms with van der Waals surface area (Å²) in [6, 6.07) is 12.5. The van der Waals surface area contributed by atoms with E-state index in [9.17, 15) is 22.0 Å². The Morgan fingerprint density at radius 3 is 2.31 bits per heavy atom. The number of piperazine rings is 1. The molecule has 1 aliphatic heterocycles. The van der Waals surface area contributed by atoms with E-state index >= 15 is 0 Å². The number of alkyl halides is 2. The molecule has 1 saturated heterocycles. The second kappa shape index (κ2) is 8.87. The molecule has 6 nitrogen and oxygen atoms in total. The van der Waals surface area contributed by atoms with Crippen molar-refractivity contribution in [3.63, 3.8) is 0 Å². The standard InChI is InChI=1S/C20H22F2N2O4S/c1-28-17-4-2-3-16(13-17)19(25)24-11-9-23(10-12-24)14-15-5-7-18(8-6-15)29(26,27)20(21)22/h2-8,13,20H,9-12,14H2,1H3. The van der Waals surface area contributed by atoms with Crippen LogP contribution >= 0.6 is 0 Å². The molecule has 0 unspecified atom stereocenters. The number of hydrogen-bond acceptors (Lipinski definition) is 5. The summed E-state index contributed by atoms with van der Waals surface area (Å²) in [4.78, 5) is 16.2. The largest absolute Gasteiger partial charge is 0.497 e. The van der Waals surface area contributed by atoms with Gasteiger partial charge in [-0.2, -0.15) is 8.78 Å². The first-order chi connectivity index (χ1) is 13.8. The fourth-order valence-electron chi connectivity index (χ4n) is 3.19. The van der Waals surface area contributed by atoms with Gasteiger partial charge in [0.2, 0.25) is 9.84 Å². The van der Waals surface area contributed by atoms with Crippen molar-refractivity contribution in [1.29, 1.82) is 0 Å². The molecule has 2 aromatic carbocycles. The van der Waals surface area contributed by atoms with E-state index in [0.29, 0.717) is 44.0 Å². The van der Waals surface area contributed by atoms with Crippen LogP contribution in [0.1, 0.15) is 15.9 Å². The Labute approximate surface area is 168 Å². The highest BCUT2D eigenvalue weighted by Crippen LogP contribution is 2.20. The third kappa shape index (κ3) is 4.91. The number of ether oxygens (including phenoxy) is 1. The van der Waals surface area contributed by atoms with Crippen molar-refractivity contribution in [2.45, 2.75) is 17.2 Å². The van der Waals surface area contributed by atoms with Crippen LogP contribution in [-0.2, 0) is 16.4 Å². The number of hydrogen-bond donors (Lipinski definition) is 0. The van der Waals surface area contributed by atoms with Crippen LogP contribution in [0.15, 0.2) is 53.4 Å². The minimum absolute atomic E-state index is 0.0508. The molecule has 2 aromatic rings. The molecule has 1 amide bonds. The molecule has 1 heterocycles. The molecular weight excluding hydrogens is 402 g/mol. The summed E-state index contributed by atoms with van der Waals surface area (Å²) < 4.78 is 53.3. The Hall–Kier alpha value is -2.52. The van der Waals surface area contributed by atoms with Crippen LogP contribution in [-0.4, -0.2) is 63.2 Å². The van der Waals surface area contributed by atoms with Crippen molar-refractivity contribution in [3.8, 4) is 5.75 Å². The highest BCUT2D eigenvalue weighted by atomic mass is 32.2. The predicted octanol–water partition coefficient (Wildman–Crippen LogP) is 2.65. The number of nitrogens with zero attached hydrogens (tertiary/aromatic N) is 2. The van der Waals surface area contributed by atoms with Crippen molar-refractivity contribution in [1.82, 2.24) is 9.80 Å². The third-order valence-corrected chi connectivity index (χ3v) is 6.27. The molecule has 0 aromatic heterocycles. The number of benzene rings is 2. The molecule has 1 aliphatic rings. The van der Waals surface area contributed by atoms with Gasteiger partial charge in [0.1, 0.15) is 5.75 Å². The number of amides is 1. The molecule has 0 N–H and O–H groups in total. The van der Waals surface area contributed by atoms with Crippen LogP contribution in [0.4, 0.5) is 8.78 Å². The lowest BCUT2D eigenvalue weighted by Gasteiger charge is -2.34. The molecule has 29 heavy (non-hydrogen) atoms. The van der Waals surface area contributed by atoms with E-state index in [2.05, 4.69) is 4.90 Å². The maximum atomic E-state index is 12.7. The lowest BCUT2D eigenvalue weighted by atomic mass is 10.1. The van der Waals surface area contributed by atoms with Crippen molar-refractivity contribution in [3.05, 3.63) is 59.7 Å². The Morgan fingerprint density at radius 1 is 1.07 bits per heavy atom. The fraction of sp³-hybridized carbons (Fsp3) is 0.350. The van der Waals surface area contributed by atoms with E-state index in [1.165, 1.54) is 12.1 Å². The van der Waals surface area contributed by atoms with Crippen molar-refractivity contribution < 1.29 is 26.7 Å². The fourth-order valence-corrected chi connectivity index (χ4v) is 3.91. The molecule has 1 fully saturated rings.